The number of benzene rings is 1. The van der Waals surface area contributed by atoms with Crippen molar-refractivity contribution in [2.45, 2.75) is 17.8 Å². The number of hydrogen-bond acceptors (Lipinski definition) is 6. The van der Waals surface area contributed by atoms with Crippen molar-refractivity contribution in [1.29, 1.82) is 0 Å². The van der Waals surface area contributed by atoms with Gasteiger partial charge in [0.05, 0.1) is 6.61 Å². The summed E-state index contributed by atoms with van der Waals surface area (Å²) in [5.41, 5.74) is 2.11. The zero-order chi connectivity index (χ0) is 18.4. The third kappa shape index (κ3) is 4.60. The minimum Gasteiger partial charge on any atom is -0.478 e. The number of rotatable bonds is 7. The predicted molar refractivity (Wildman–Crippen MR) is 100 cm³/mol. The van der Waals surface area contributed by atoms with E-state index in [9.17, 15) is 4.79 Å². The van der Waals surface area contributed by atoms with Crippen molar-refractivity contribution in [3.05, 3.63) is 60.0 Å². The van der Waals surface area contributed by atoms with Crippen molar-refractivity contribution in [2.24, 2.45) is 7.05 Å². The van der Waals surface area contributed by atoms with Gasteiger partial charge in [-0.25, -0.2) is 4.98 Å². The molecule has 0 saturated carbocycles. The number of amides is 1. The van der Waals surface area contributed by atoms with Crippen molar-refractivity contribution in [3.8, 4) is 5.88 Å². The van der Waals surface area contributed by atoms with E-state index >= 15 is 0 Å². The second-order valence-corrected chi connectivity index (χ2v) is 6.40. The monoisotopic (exact) mass is 369 g/mol. The zero-order valence-corrected chi connectivity index (χ0v) is 15.4. The Hall–Kier alpha value is -2.87. The molecule has 1 aromatic carbocycles. The summed E-state index contributed by atoms with van der Waals surface area (Å²) in [6.07, 6.45) is 1.67. The lowest BCUT2D eigenvalue weighted by atomic mass is 10.2. The van der Waals surface area contributed by atoms with Crippen molar-refractivity contribution < 1.29 is 9.53 Å². The maximum absolute atomic E-state index is 12.4. The first-order valence-electron chi connectivity index (χ1n) is 8.12. The van der Waals surface area contributed by atoms with Gasteiger partial charge in [-0.05, 0) is 30.7 Å². The van der Waals surface area contributed by atoms with Crippen LogP contribution < -0.4 is 10.1 Å². The molecule has 3 rings (SSSR count). The van der Waals surface area contributed by atoms with E-state index in [2.05, 4.69) is 20.5 Å². The number of anilines is 1. The molecule has 1 N–H and O–H groups in total. The lowest BCUT2D eigenvalue weighted by Crippen LogP contribution is -2.14. The van der Waals surface area contributed by atoms with Crippen molar-refractivity contribution >= 4 is 23.4 Å². The van der Waals surface area contributed by atoms with Crippen LogP contribution in [0.4, 0.5) is 5.69 Å². The Morgan fingerprint density at radius 1 is 1.27 bits per heavy atom. The standard InChI is InChI=1S/C18H19N5O2S/c1-3-25-16-9-5-8-15(21-16)17(24)20-14-7-4-6-13(10-14)11-26-18-22-19-12-23(18)2/h4-10,12H,3,11H2,1-2H3,(H,20,24). The summed E-state index contributed by atoms with van der Waals surface area (Å²) in [6.45, 7) is 2.38. The van der Waals surface area contributed by atoms with Crippen LogP contribution in [0.2, 0.25) is 0 Å². The summed E-state index contributed by atoms with van der Waals surface area (Å²) in [4.78, 5) is 16.6. The van der Waals surface area contributed by atoms with Gasteiger partial charge < -0.3 is 14.6 Å². The highest BCUT2D eigenvalue weighted by Crippen LogP contribution is 2.22. The van der Waals surface area contributed by atoms with E-state index in [1.807, 2.05) is 42.8 Å². The van der Waals surface area contributed by atoms with Gasteiger partial charge in [-0.15, -0.1) is 10.2 Å². The second kappa shape index (κ2) is 8.48. The molecule has 0 spiro atoms. The Kier molecular flexibility index (Phi) is 5.85. The van der Waals surface area contributed by atoms with Gasteiger partial charge in [-0.1, -0.05) is 30.0 Å². The first-order chi connectivity index (χ1) is 12.7. The van der Waals surface area contributed by atoms with Crippen LogP contribution in [0.15, 0.2) is 53.9 Å². The fourth-order valence-corrected chi connectivity index (χ4v) is 3.09. The lowest BCUT2D eigenvalue weighted by Gasteiger charge is -2.08. The highest BCUT2D eigenvalue weighted by Gasteiger charge is 2.10. The number of nitrogens with one attached hydrogen (secondary N) is 1. The highest BCUT2D eigenvalue weighted by molar-refractivity contribution is 7.98. The molecule has 0 fully saturated rings. The van der Waals surface area contributed by atoms with E-state index in [-0.39, 0.29) is 5.91 Å². The third-order valence-corrected chi connectivity index (χ3v) is 4.58. The molecule has 2 aromatic heterocycles. The predicted octanol–water partition coefficient (Wildman–Crippen LogP) is 3.15. The Bertz CT molecular complexity index is 897. The molecule has 134 valence electrons. The zero-order valence-electron chi connectivity index (χ0n) is 14.5. The molecular formula is C18H19N5O2S. The molecular weight excluding hydrogens is 350 g/mol. The van der Waals surface area contributed by atoms with Crippen LogP contribution in [-0.4, -0.2) is 32.3 Å². The maximum atomic E-state index is 12.4. The molecule has 8 heteroatoms. The van der Waals surface area contributed by atoms with E-state index in [1.165, 1.54) is 0 Å². The maximum Gasteiger partial charge on any atom is 0.274 e. The molecule has 7 nitrogen and oxygen atoms in total. The van der Waals surface area contributed by atoms with Gasteiger partial charge >= 0.3 is 0 Å². The van der Waals surface area contributed by atoms with E-state index in [0.29, 0.717) is 18.2 Å². The van der Waals surface area contributed by atoms with Gasteiger partial charge in [0.1, 0.15) is 12.0 Å². The Morgan fingerprint density at radius 3 is 2.88 bits per heavy atom. The number of carbonyl (C=O) groups excluding carboxylic acids is 1. The summed E-state index contributed by atoms with van der Waals surface area (Å²) in [5, 5.41) is 11.6. The molecule has 0 aliphatic heterocycles. The number of hydrogen-bond donors (Lipinski definition) is 1. The quantitative estimate of drug-likeness (QED) is 0.644. The molecule has 0 bridgehead atoms. The van der Waals surface area contributed by atoms with Crippen LogP contribution in [0.25, 0.3) is 0 Å². The minimum absolute atomic E-state index is 0.273. The molecule has 0 aliphatic carbocycles. The smallest absolute Gasteiger partial charge is 0.274 e. The fourth-order valence-electron chi connectivity index (χ4n) is 2.25. The number of aryl methyl sites for hydroxylation is 1. The normalized spacial score (nSPS) is 10.5. The highest BCUT2D eigenvalue weighted by atomic mass is 32.2. The molecule has 1 amide bonds. The Balaban J connectivity index is 1.65. The van der Waals surface area contributed by atoms with Gasteiger partial charge in [0.2, 0.25) is 5.88 Å². The lowest BCUT2D eigenvalue weighted by molar-refractivity contribution is 0.102. The van der Waals surface area contributed by atoms with E-state index < -0.39 is 0 Å². The van der Waals surface area contributed by atoms with Gasteiger partial charge in [0.25, 0.3) is 5.91 Å². The summed E-state index contributed by atoms with van der Waals surface area (Å²) in [5.74, 6) is 0.896. The van der Waals surface area contributed by atoms with Crippen molar-refractivity contribution in [1.82, 2.24) is 19.7 Å². The van der Waals surface area contributed by atoms with Gasteiger partial charge in [-0.2, -0.15) is 0 Å². The largest absolute Gasteiger partial charge is 0.478 e. The number of ether oxygens (including phenoxy) is 1. The van der Waals surface area contributed by atoms with Crippen LogP contribution in [0.5, 0.6) is 5.88 Å². The van der Waals surface area contributed by atoms with Crippen LogP contribution in [0.3, 0.4) is 0 Å². The number of thioether (sulfide) groups is 1. The molecule has 0 aliphatic rings. The number of pyridine rings is 1. The molecule has 2 heterocycles. The van der Waals surface area contributed by atoms with Gasteiger partial charge in [-0.3, -0.25) is 4.79 Å². The van der Waals surface area contributed by atoms with E-state index in [0.717, 1.165) is 22.2 Å². The molecule has 0 atom stereocenters. The van der Waals surface area contributed by atoms with Crippen LogP contribution in [0.1, 0.15) is 23.0 Å². The number of carbonyl (C=O) groups is 1. The van der Waals surface area contributed by atoms with Crippen molar-refractivity contribution in [3.63, 3.8) is 0 Å². The molecule has 0 radical (unpaired) electrons. The first-order valence-corrected chi connectivity index (χ1v) is 9.11. The van der Waals surface area contributed by atoms with E-state index in [1.54, 1.807) is 36.3 Å². The Morgan fingerprint density at radius 2 is 2.12 bits per heavy atom. The SMILES string of the molecule is CCOc1cccc(C(=O)Nc2cccc(CSc3nncn3C)c2)n1. The van der Waals surface area contributed by atoms with Gasteiger partial charge in [0, 0.05) is 24.6 Å². The van der Waals surface area contributed by atoms with E-state index in [4.69, 9.17) is 4.74 Å². The molecule has 3 aromatic rings. The molecule has 26 heavy (non-hydrogen) atoms. The fraction of sp³-hybridized carbons (Fsp3) is 0.222. The van der Waals surface area contributed by atoms with Crippen LogP contribution >= 0.6 is 11.8 Å². The average molecular weight is 369 g/mol. The van der Waals surface area contributed by atoms with Gasteiger partial charge in [0.15, 0.2) is 5.16 Å². The third-order valence-electron chi connectivity index (χ3n) is 3.47. The Labute approximate surface area is 155 Å². The van der Waals surface area contributed by atoms with Crippen LogP contribution in [-0.2, 0) is 12.8 Å². The number of nitrogens with zero attached hydrogens (tertiary/aromatic N) is 4. The summed E-state index contributed by atoms with van der Waals surface area (Å²) >= 11 is 1.59. The molecule has 0 unspecified atom stereocenters. The minimum atomic E-state index is -0.273. The van der Waals surface area contributed by atoms with Crippen LogP contribution in [0, 0.1) is 0 Å². The summed E-state index contributed by atoms with van der Waals surface area (Å²) in [7, 11) is 1.91. The second-order valence-electron chi connectivity index (χ2n) is 5.46. The summed E-state index contributed by atoms with van der Waals surface area (Å²) < 4.78 is 7.20. The average Bonchev–Trinajstić information content (AvgIpc) is 3.06. The van der Waals surface area contributed by atoms with Crippen molar-refractivity contribution in [2.75, 3.05) is 11.9 Å². The first kappa shape index (κ1) is 17.9. The topological polar surface area (TPSA) is 81.9 Å². The summed E-state index contributed by atoms with van der Waals surface area (Å²) in [6, 6.07) is 12.8. The number of aromatic nitrogens is 4. The molecule has 0 saturated heterocycles.